The highest BCUT2D eigenvalue weighted by atomic mass is 16.2. The van der Waals surface area contributed by atoms with E-state index < -0.39 is 0 Å². The maximum absolute atomic E-state index is 12.8. The minimum atomic E-state index is -0.220. The van der Waals surface area contributed by atoms with Gasteiger partial charge in [0.25, 0.3) is 5.91 Å². The third-order valence-corrected chi connectivity index (χ3v) is 4.99. The third kappa shape index (κ3) is 3.01. The van der Waals surface area contributed by atoms with Gasteiger partial charge in [-0.1, -0.05) is 42.5 Å². The Bertz CT molecular complexity index is 960. The normalized spacial score (nSPS) is 16.2. The molecule has 1 N–H and O–H groups in total. The Morgan fingerprint density at radius 3 is 2.73 bits per heavy atom. The Morgan fingerprint density at radius 2 is 1.88 bits per heavy atom. The van der Waals surface area contributed by atoms with Crippen molar-refractivity contribution in [1.29, 1.82) is 0 Å². The molecule has 5 heteroatoms. The molecule has 1 amide bonds. The number of aryl methyl sites for hydroxylation is 3. The summed E-state index contributed by atoms with van der Waals surface area (Å²) < 4.78 is 1.74. The number of amides is 1. The molecular formula is C21H22N4O. The molecular weight excluding hydrogens is 324 g/mol. The van der Waals surface area contributed by atoms with Crippen molar-refractivity contribution >= 4 is 5.91 Å². The topological polar surface area (TPSA) is 59.8 Å². The Labute approximate surface area is 153 Å². The molecule has 0 saturated heterocycles. The quantitative estimate of drug-likeness (QED) is 0.787. The first-order valence-corrected chi connectivity index (χ1v) is 9.02. The highest BCUT2D eigenvalue weighted by Gasteiger charge is 2.24. The molecule has 0 saturated carbocycles. The number of fused-ring (bicyclic) bond motifs is 1. The standard InChI is InChI=1S/C21H22N4O/c1-14-8-3-6-13-19(14)25-15(2)22-20(24-25)21(26)23-18-12-7-10-16-9-4-5-11-17(16)18/h3-6,8-9,11,13,18H,7,10,12H2,1-2H3,(H,23,26)/t18-/m0/s1. The number of nitrogens with zero attached hydrogens (tertiary/aromatic N) is 3. The van der Waals surface area contributed by atoms with Gasteiger partial charge in [0, 0.05) is 0 Å². The number of carbonyl (C=O) groups excluding carboxylic acids is 1. The van der Waals surface area contributed by atoms with Crippen LogP contribution >= 0.6 is 0 Å². The Kier molecular flexibility index (Phi) is 4.29. The second-order valence-electron chi connectivity index (χ2n) is 6.80. The number of nitrogens with one attached hydrogen (secondary N) is 1. The number of hydrogen-bond donors (Lipinski definition) is 1. The number of carbonyl (C=O) groups is 1. The summed E-state index contributed by atoms with van der Waals surface area (Å²) in [6.07, 6.45) is 3.09. The average Bonchev–Trinajstić information content (AvgIpc) is 3.04. The molecule has 2 aromatic carbocycles. The first-order valence-electron chi connectivity index (χ1n) is 9.02. The maximum atomic E-state index is 12.8. The lowest BCUT2D eigenvalue weighted by atomic mass is 9.88. The fraction of sp³-hybridized carbons (Fsp3) is 0.286. The van der Waals surface area contributed by atoms with Gasteiger partial charge in [-0.2, -0.15) is 0 Å². The van der Waals surface area contributed by atoms with Crippen LogP contribution in [0.5, 0.6) is 0 Å². The number of aromatic nitrogens is 3. The molecule has 1 atom stereocenters. The third-order valence-electron chi connectivity index (χ3n) is 4.99. The van der Waals surface area contributed by atoms with Crippen molar-refractivity contribution in [3.05, 3.63) is 76.9 Å². The predicted molar refractivity (Wildman–Crippen MR) is 100 cm³/mol. The molecule has 1 heterocycles. The van der Waals surface area contributed by atoms with E-state index in [-0.39, 0.29) is 17.8 Å². The molecule has 4 rings (SSSR count). The van der Waals surface area contributed by atoms with E-state index in [1.165, 1.54) is 11.1 Å². The van der Waals surface area contributed by atoms with E-state index in [4.69, 9.17) is 0 Å². The summed E-state index contributed by atoms with van der Waals surface area (Å²) in [6.45, 7) is 3.89. The van der Waals surface area contributed by atoms with Crippen molar-refractivity contribution in [2.45, 2.75) is 39.2 Å². The molecule has 0 aliphatic heterocycles. The molecule has 26 heavy (non-hydrogen) atoms. The van der Waals surface area contributed by atoms with E-state index in [1.54, 1.807) is 4.68 Å². The highest BCUT2D eigenvalue weighted by molar-refractivity contribution is 5.90. The first-order chi connectivity index (χ1) is 12.6. The van der Waals surface area contributed by atoms with Crippen molar-refractivity contribution in [3.8, 4) is 5.69 Å². The second-order valence-corrected chi connectivity index (χ2v) is 6.80. The van der Waals surface area contributed by atoms with Gasteiger partial charge in [0.15, 0.2) is 0 Å². The maximum Gasteiger partial charge on any atom is 0.291 e. The molecule has 0 radical (unpaired) electrons. The minimum absolute atomic E-state index is 0.0261. The van der Waals surface area contributed by atoms with Gasteiger partial charge in [0.2, 0.25) is 5.82 Å². The smallest absolute Gasteiger partial charge is 0.291 e. The summed E-state index contributed by atoms with van der Waals surface area (Å²) >= 11 is 0. The first kappa shape index (κ1) is 16.5. The van der Waals surface area contributed by atoms with Crippen LogP contribution in [0.1, 0.15) is 52.0 Å². The Hall–Kier alpha value is -2.95. The number of hydrogen-bond acceptors (Lipinski definition) is 3. The van der Waals surface area contributed by atoms with Gasteiger partial charge in [-0.15, -0.1) is 5.10 Å². The lowest BCUT2D eigenvalue weighted by molar-refractivity contribution is 0.0922. The molecule has 132 valence electrons. The fourth-order valence-electron chi connectivity index (χ4n) is 3.64. The van der Waals surface area contributed by atoms with Crippen LogP contribution in [0.2, 0.25) is 0 Å². The van der Waals surface area contributed by atoms with E-state index in [9.17, 15) is 4.79 Å². The van der Waals surface area contributed by atoms with E-state index in [2.05, 4.69) is 33.6 Å². The number of benzene rings is 2. The van der Waals surface area contributed by atoms with Crippen LogP contribution in [0, 0.1) is 13.8 Å². The zero-order valence-electron chi connectivity index (χ0n) is 15.1. The molecule has 1 aliphatic carbocycles. The lowest BCUT2D eigenvalue weighted by Gasteiger charge is -2.25. The van der Waals surface area contributed by atoms with Crippen LogP contribution in [0.15, 0.2) is 48.5 Å². The summed E-state index contributed by atoms with van der Waals surface area (Å²) in [5.41, 5.74) is 4.56. The predicted octanol–water partition coefficient (Wildman–Crippen LogP) is 3.69. The average molecular weight is 346 g/mol. The van der Waals surface area contributed by atoms with Crippen molar-refractivity contribution < 1.29 is 4.79 Å². The zero-order valence-corrected chi connectivity index (χ0v) is 15.1. The largest absolute Gasteiger partial charge is 0.342 e. The lowest BCUT2D eigenvalue weighted by Crippen LogP contribution is -2.31. The summed E-state index contributed by atoms with van der Waals surface area (Å²) in [5, 5.41) is 7.58. The zero-order chi connectivity index (χ0) is 18.1. The Balaban J connectivity index is 1.59. The SMILES string of the molecule is Cc1ccccc1-n1nc(C(=O)N[C@H]2CCCc3ccccc32)nc1C. The van der Waals surface area contributed by atoms with Crippen LogP contribution in [-0.4, -0.2) is 20.7 Å². The summed E-state index contributed by atoms with van der Waals surface area (Å²) in [4.78, 5) is 17.1. The van der Waals surface area contributed by atoms with Crippen LogP contribution in [0.25, 0.3) is 5.69 Å². The molecule has 1 aromatic heterocycles. The van der Waals surface area contributed by atoms with E-state index in [0.717, 1.165) is 30.5 Å². The Morgan fingerprint density at radius 1 is 1.12 bits per heavy atom. The molecule has 0 bridgehead atoms. The summed E-state index contributed by atoms with van der Waals surface area (Å²) in [7, 11) is 0. The molecule has 0 unspecified atom stereocenters. The van der Waals surface area contributed by atoms with Gasteiger partial charge >= 0.3 is 0 Å². The number of rotatable bonds is 3. The van der Waals surface area contributed by atoms with Crippen molar-refractivity contribution in [1.82, 2.24) is 20.1 Å². The minimum Gasteiger partial charge on any atom is -0.342 e. The van der Waals surface area contributed by atoms with Crippen molar-refractivity contribution in [2.24, 2.45) is 0 Å². The number of para-hydroxylation sites is 1. The summed E-state index contributed by atoms with van der Waals surface area (Å²) in [5.74, 6) is 0.699. The van der Waals surface area contributed by atoms with E-state index >= 15 is 0 Å². The van der Waals surface area contributed by atoms with Gasteiger partial charge in [0.05, 0.1) is 11.7 Å². The van der Waals surface area contributed by atoms with E-state index in [1.807, 2.05) is 44.2 Å². The van der Waals surface area contributed by atoms with Crippen LogP contribution < -0.4 is 5.32 Å². The van der Waals surface area contributed by atoms with Gasteiger partial charge < -0.3 is 5.32 Å². The van der Waals surface area contributed by atoms with Gasteiger partial charge in [-0.05, 0) is 55.9 Å². The molecule has 3 aromatic rings. The highest BCUT2D eigenvalue weighted by Crippen LogP contribution is 2.29. The molecule has 0 spiro atoms. The van der Waals surface area contributed by atoms with Gasteiger partial charge in [-0.25, -0.2) is 9.67 Å². The van der Waals surface area contributed by atoms with Crippen molar-refractivity contribution in [2.75, 3.05) is 0 Å². The van der Waals surface area contributed by atoms with Crippen molar-refractivity contribution in [3.63, 3.8) is 0 Å². The van der Waals surface area contributed by atoms with E-state index in [0.29, 0.717) is 5.82 Å². The van der Waals surface area contributed by atoms with Gasteiger partial charge in [-0.3, -0.25) is 4.79 Å². The fourth-order valence-corrected chi connectivity index (χ4v) is 3.64. The van der Waals surface area contributed by atoms with Crippen LogP contribution in [-0.2, 0) is 6.42 Å². The molecule has 5 nitrogen and oxygen atoms in total. The second kappa shape index (κ2) is 6.75. The summed E-state index contributed by atoms with van der Waals surface area (Å²) in [6, 6.07) is 16.3. The van der Waals surface area contributed by atoms with Gasteiger partial charge in [0.1, 0.15) is 5.82 Å². The molecule has 1 aliphatic rings. The molecule has 0 fully saturated rings. The van der Waals surface area contributed by atoms with Crippen LogP contribution in [0.4, 0.5) is 0 Å². The van der Waals surface area contributed by atoms with Crippen LogP contribution in [0.3, 0.4) is 0 Å². The monoisotopic (exact) mass is 346 g/mol.